The van der Waals surface area contributed by atoms with Crippen LogP contribution in [0.25, 0.3) is 10.8 Å². The van der Waals surface area contributed by atoms with Gasteiger partial charge >= 0.3 is 5.97 Å². The Morgan fingerprint density at radius 2 is 1.73 bits per heavy atom. The number of carbonyl (C=O) groups excluding carboxylic acids is 1. The average Bonchev–Trinajstić information content (AvgIpc) is 2.68. The normalized spacial score (nSPS) is 10.6. The maximum Gasteiger partial charge on any atom is 0.340 e. The van der Waals surface area contributed by atoms with Crippen LogP contribution in [0.1, 0.15) is 28.5 Å². The van der Waals surface area contributed by atoms with Gasteiger partial charge in [0.05, 0.1) is 32.1 Å². The highest BCUT2D eigenvalue weighted by Gasteiger charge is 2.15. The highest BCUT2D eigenvalue weighted by molar-refractivity contribution is 6.04. The molecule has 0 aliphatic carbocycles. The summed E-state index contributed by atoms with van der Waals surface area (Å²) in [5.41, 5.74) is 2.42. The summed E-state index contributed by atoms with van der Waals surface area (Å²) in [5.74, 6) is 1.01. The SMILES string of the molecule is CCOC(=O)c1cnc(Cc2ccc(OC)c(OC)c2)c2ccccc12. The zero-order chi connectivity index (χ0) is 18.5. The largest absolute Gasteiger partial charge is 0.493 e. The second kappa shape index (κ2) is 7.87. The third-order valence-corrected chi connectivity index (χ3v) is 4.19. The number of aromatic nitrogens is 1. The molecule has 5 heteroatoms. The van der Waals surface area contributed by atoms with E-state index in [9.17, 15) is 4.79 Å². The summed E-state index contributed by atoms with van der Waals surface area (Å²) >= 11 is 0. The molecule has 134 valence electrons. The Bertz CT molecular complexity index is 936. The van der Waals surface area contributed by atoms with Crippen LogP contribution < -0.4 is 9.47 Å². The predicted molar refractivity (Wildman–Crippen MR) is 100 cm³/mol. The van der Waals surface area contributed by atoms with Crippen LogP contribution in [0.5, 0.6) is 11.5 Å². The van der Waals surface area contributed by atoms with Gasteiger partial charge in [0.2, 0.25) is 0 Å². The molecule has 2 aromatic carbocycles. The van der Waals surface area contributed by atoms with Crippen molar-refractivity contribution in [2.24, 2.45) is 0 Å². The molecule has 26 heavy (non-hydrogen) atoms. The number of esters is 1. The van der Waals surface area contributed by atoms with Crippen LogP contribution in [0, 0.1) is 0 Å². The Kier molecular flexibility index (Phi) is 5.37. The molecule has 3 aromatic rings. The monoisotopic (exact) mass is 351 g/mol. The lowest BCUT2D eigenvalue weighted by Gasteiger charge is -2.12. The quantitative estimate of drug-likeness (QED) is 0.628. The molecule has 0 atom stereocenters. The van der Waals surface area contributed by atoms with Gasteiger partial charge in [-0.1, -0.05) is 30.3 Å². The minimum Gasteiger partial charge on any atom is -0.493 e. The lowest BCUT2D eigenvalue weighted by Crippen LogP contribution is -2.07. The van der Waals surface area contributed by atoms with Gasteiger partial charge < -0.3 is 14.2 Å². The highest BCUT2D eigenvalue weighted by Crippen LogP contribution is 2.30. The number of rotatable bonds is 6. The summed E-state index contributed by atoms with van der Waals surface area (Å²) in [6.07, 6.45) is 2.21. The first kappa shape index (κ1) is 17.7. The van der Waals surface area contributed by atoms with Gasteiger partial charge in [-0.3, -0.25) is 4.98 Å². The van der Waals surface area contributed by atoms with Crippen LogP contribution in [-0.2, 0) is 11.2 Å². The van der Waals surface area contributed by atoms with Gasteiger partial charge in [0.15, 0.2) is 11.5 Å². The van der Waals surface area contributed by atoms with Crippen LogP contribution in [0.3, 0.4) is 0 Å². The Labute approximate surface area is 152 Å². The molecule has 0 saturated carbocycles. The molecule has 0 bridgehead atoms. The number of ether oxygens (including phenoxy) is 3. The number of fused-ring (bicyclic) bond motifs is 1. The van der Waals surface area contributed by atoms with Gasteiger partial charge in [0.1, 0.15) is 0 Å². The zero-order valence-electron chi connectivity index (χ0n) is 15.1. The Hall–Kier alpha value is -3.08. The van der Waals surface area contributed by atoms with E-state index in [0.29, 0.717) is 30.1 Å². The van der Waals surface area contributed by atoms with Gasteiger partial charge in [-0.2, -0.15) is 0 Å². The van der Waals surface area contributed by atoms with Crippen molar-refractivity contribution in [3.8, 4) is 11.5 Å². The Morgan fingerprint density at radius 1 is 1.00 bits per heavy atom. The maximum atomic E-state index is 12.2. The van der Waals surface area contributed by atoms with Gasteiger partial charge in [0.25, 0.3) is 0 Å². The fourth-order valence-electron chi connectivity index (χ4n) is 2.95. The molecule has 0 saturated heterocycles. The van der Waals surface area contributed by atoms with E-state index >= 15 is 0 Å². The van der Waals surface area contributed by atoms with Crippen molar-refractivity contribution in [1.29, 1.82) is 0 Å². The highest BCUT2D eigenvalue weighted by atomic mass is 16.5. The summed E-state index contributed by atoms with van der Waals surface area (Å²) in [4.78, 5) is 16.7. The third-order valence-electron chi connectivity index (χ3n) is 4.19. The minimum atomic E-state index is -0.353. The molecule has 0 unspecified atom stereocenters. The van der Waals surface area contributed by atoms with Crippen LogP contribution in [0.2, 0.25) is 0 Å². The molecular formula is C21H21NO4. The topological polar surface area (TPSA) is 57.7 Å². The van der Waals surface area contributed by atoms with Crippen molar-refractivity contribution in [2.45, 2.75) is 13.3 Å². The molecule has 3 rings (SSSR count). The Morgan fingerprint density at radius 3 is 2.42 bits per heavy atom. The van der Waals surface area contributed by atoms with Crippen molar-refractivity contribution < 1.29 is 19.0 Å². The molecule has 0 fully saturated rings. The van der Waals surface area contributed by atoms with E-state index in [2.05, 4.69) is 4.98 Å². The van der Waals surface area contributed by atoms with Crippen molar-refractivity contribution in [3.05, 3.63) is 65.5 Å². The molecule has 0 N–H and O–H groups in total. The number of hydrogen-bond donors (Lipinski definition) is 0. The lowest BCUT2D eigenvalue weighted by atomic mass is 10.0. The summed E-state index contributed by atoms with van der Waals surface area (Å²) in [6, 6.07) is 13.5. The molecule has 0 aliphatic rings. The van der Waals surface area contributed by atoms with E-state index in [4.69, 9.17) is 14.2 Å². The molecule has 5 nitrogen and oxygen atoms in total. The molecule has 0 aliphatic heterocycles. The molecule has 0 amide bonds. The average molecular weight is 351 g/mol. The summed E-state index contributed by atoms with van der Waals surface area (Å²) in [5, 5.41) is 1.78. The lowest BCUT2D eigenvalue weighted by molar-refractivity contribution is 0.0528. The van der Waals surface area contributed by atoms with Gasteiger partial charge in [0, 0.05) is 18.0 Å². The number of hydrogen-bond acceptors (Lipinski definition) is 5. The second-order valence-electron chi connectivity index (χ2n) is 5.75. The smallest absolute Gasteiger partial charge is 0.340 e. The summed E-state index contributed by atoms with van der Waals surface area (Å²) < 4.78 is 15.8. The minimum absolute atomic E-state index is 0.334. The standard InChI is InChI=1S/C21H21NO4/c1-4-26-21(23)17-13-22-18(16-8-6-5-7-15(16)17)11-14-9-10-19(24-2)20(12-14)25-3/h5-10,12-13H,4,11H2,1-3H3. The van der Waals surface area contributed by atoms with Gasteiger partial charge in [-0.15, -0.1) is 0 Å². The predicted octanol–water partition coefficient (Wildman–Crippen LogP) is 4.02. The van der Waals surface area contributed by atoms with Crippen molar-refractivity contribution in [1.82, 2.24) is 4.98 Å². The Balaban J connectivity index is 2.02. The summed E-state index contributed by atoms with van der Waals surface area (Å²) in [7, 11) is 3.23. The van der Waals surface area contributed by atoms with E-state index in [1.165, 1.54) is 0 Å². The first-order chi connectivity index (χ1) is 12.7. The zero-order valence-corrected chi connectivity index (χ0v) is 15.1. The van der Waals surface area contributed by atoms with Crippen molar-refractivity contribution in [2.75, 3.05) is 20.8 Å². The number of nitrogens with zero attached hydrogens (tertiary/aromatic N) is 1. The molecule has 1 aromatic heterocycles. The van der Waals surface area contributed by atoms with E-state index in [-0.39, 0.29) is 5.97 Å². The molecular weight excluding hydrogens is 330 g/mol. The fraction of sp³-hybridized carbons (Fsp3) is 0.238. The fourth-order valence-corrected chi connectivity index (χ4v) is 2.95. The second-order valence-corrected chi connectivity index (χ2v) is 5.75. The van der Waals surface area contributed by atoms with E-state index in [1.807, 2.05) is 42.5 Å². The third kappa shape index (κ3) is 3.47. The molecule has 1 heterocycles. The summed E-state index contributed by atoms with van der Waals surface area (Å²) in [6.45, 7) is 2.12. The van der Waals surface area contributed by atoms with E-state index < -0.39 is 0 Å². The number of benzene rings is 2. The van der Waals surface area contributed by atoms with Crippen LogP contribution in [0.4, 0.5) is 0 Å². The molecule has 0 radical (unpaired) electrons. The van der Waals surface area contributed by atoms with Crippen LogP contribution >= 0.6 is 0 Å². The number of carbonyl (C=O) groups is 1. The van der Waals surface area contributed by atoms with E-state index in [0.717, 1.165) is 22.0 Å². The first-order valence-corrected chi connectivity index (χ1v) is 8.42. The van der Waals surface area contributed by atoms with Crippen molar-refractivity contribution >= 4 is 16.7 Å². The van der Waals surface area contributed by atoms with Crippen molar-refractivity contribution in [3.63, 3.8) is 0 Å². The van der Waals surface area contributed by atoms with Crippen LogP contribution in [-0.4, -0.2) is 31.8 Å². The number of pyridine rings is 1. The van der Waals surface area contributed by atoms with E-state index in [1.54, 1.807) is 27.3 Å². The molecule has 0 spiro atoms. The van der Waals surface area contributed by atoms with Crippen LogP contribution in [0.15, 0.2) is 48.7 Å². The van der Waals surface area contributed by atoms with Gasteiger partial charge in [-0.25, -0.2) is 4.79 Å². The van der Waals surface area contributed by atoms with Gasteiger partial charge in [-0.05, 0) is 30.0 Å². The number of methoxy groups -OCH3 is 2. The maximum absolute atomic E-state index is 12.2. The first-order valence-electron chi connectivity index (χ1n) is 8.42.